The highest BCUT2D eigenvalue weighted by Gasteiger charge is 2.23. The van der Waals surface area contributed by atoms with Crippen LogP contribution in [0, 0.1) is 10.1 Å². The first-order valence-electron chi connectivity index (χ1n) is 7.37. The Hall–Kier alpha value is -1.89. The molecule has 2 heterocycles. The highest BCUT2D eigenvalue weighted by Crippen LogP contribution is 2.21. The molecule has 1 fully saturated rings. The molecule has 0 radical (unpaired) electrons. The van der Waals surface area contributed by atoms with E-state index in [0.717, 1.165) is 32.4 Å². The summed E-state index contributed by atoms with van der Waals surface area (Å²) in [6.07, 6.45) is 4.54. The fourth-order valence-electron chi connectivity index (χ4n) is 2.58. The summed E-state index contributed by atoms with van der Waals surface area (Å²) < 4.78 is 1.65. The van der Waals surface area contributed by atoms with Gasteiger partial charge in [-0.15, -0.1) is 0 Å². The van der Waals surface area contributed by atoms with Crippen LogP contribution >= 0.6 is 0 Å². The summed E-state index contributed by atoms with van der Waals surface area (Å²) in [6.45, 7) is 5.51. The first kappa shape index (κ1) is 15.5. The molecule has 0 spiro atoms. The zero-order valence-corrected chi connectivity index (χ0v) is 12.5. The molecule has 1 aromatic heterocycles. The van der Waals surface area contributed by atoms with Gasteiger partial charge in [0.05, 0.1) is 11.1 Å². The van der Waals surface area contributed by atoms with Gasteiger partial charge in [-0.2, -0.15) is 0 Å². The van der Waals surface area contributed by atoms with Gasteiger partial charge in [-0.1, -0.05) is 6.42 Å². The zero-order valence-electron chi connectivity index (χ0n) is 12.5. The highest BCUT2D eigenvalue weighted by molar-refractivity contribution is 5.93. The van der Waals surface area contributed by atoms with Crippen molar-refractivity contribution in [3.8, 4) is 0 Å². The Kier molecular flexibility index (Phi) is 4.95. The highest BCUT2D eigenvalue weighted by atomic mass is 16.6. The summed E-state index contributed by atoms with van der Waals surface area (Å²) in [5, 5.41) is 17.2. The summed E-state index contributed by atoms with van der Waals surface area (Å²) in [5.41, 5.74) is 0.300. The monoisotopic (exact) mass is 294 g/mol. The number of aromatic nitrogens is 1. The molecule has 1 aromatic rings. The van der Waals surface area contributed by atoms with Gasteiger partial charge in [0.25, 0.3) is 11.6 Å². The van der Waals surface area contributed by atoms with Crippen molar-refractivity contribution in [2.24, 2.45) is 0 Å². The Bertz CT molecular complexity index is 516. The molecule has 0 aliphatic carbocycles. The molecule has 2 N–H and O–H groups in total. The molecule has 1 aliphatic rings. The number of nitro groups is 1. The molecule has 1 saturated heterocycles. The minimum atomic E-state index is -0.469. The van der Waals surface area contributed by atoms with Crippen LogP contribution in [-0.4, -0.2) is 34.5 Å². The molecule has 0 bridgehead atoms. The van der Waals surface area contributed by atoms with E-state index in [1.807, 2.05) is 13.8 Å². The van der Waals surface area contributed by atoms with Gasteiger partial charge in [-0.3, -0.25) is 14.9 Å². The van der Waals surface area contributed by atoms with Crippen LogP contribution in [0.2, 0.25) is 0 Å². The Morgan fingerprint density at radius 1 is 1.52 bits per heavy atom. The molecular formula is C14H22N4O3. The SMILES string of the molecule is CC(C)n1cc([N+](=O)[O-])cc1C(=O)NC1CCCCNC1. The molecule has 116 valence electrons. The normalized spacial score (nSPS) is 19.3. The van der Waals surface area contributed by atoms with E-state index in [1.165, 1.54) is 12.3 Å². The first-order chi connectivity index (χ1) is 9.99. The van der Waals surface area contributed by atoms with Gasteiger partial charge in [-0.05, 0) is 33.2 Å². The lowest BCUT2D eigenvalue weighted by atomic mass is 10.1. The summed E-state index contributed by atoms with van der Waals surface area (Å²) in [4.78, 5) is 22.8. The van der Waals surface area contributed by atoms with Crippen molar-refractivity contribution in [1.82, 2.24) is 15.2 Å². The zero-order chi connectivity index (χ0) is 15.4. The largest absolute Gasteiger partial charge is 0.347 e. The maximum atomic E-state index is 12.4. The lowest BCUT2D eigenvalue weighted by Gasteiger charge is -2.18. The summed E-state index contributed by atoms with van der Waals surface area (Å²) in [6, 6.07) is 1.42. The van der Waals surface area contributed by atoms with Crippen LogP contribution in [0.15, 0.2) is 12.3 Å². The molecule has 1 aliphatic heterocycles. The van der Waals surface area contributed by atoms with Crippen LogP contribution in [0.5, 0.6) is 0 Å². The number of nitrogens with one attached hydrogen (secondary N) is 2. The first-order valence-corrected chi connectivity index (χ1v) is 7.37. The number of hydrogen-bond donors (Lipinski definition) is 2. The Labute approximate surface area is 123 Å². The summed E-state index contributed by atoms with van der Waals surface area (Å²) >= 11 is 0. The summed E-state index contributed by atoms with van der Waals surface area (Å²) in [5.74, 6) is -0.245. The van der Waals surface area contributed by atoms with Gasteiger partial charge in [0.2, 0.25) is 0 Å². The van der Waals surface area contributed by atoms with Crippen LogP contribution < -0.4 is 10.6 Å². The van der Waals surface area contributed by atoms with Crippen molar-refractivity contribution in [1.29, 1.82) is 0 Å². The van der Waals surface area contributed by atoms with Crippen molar-refractivity contribution < 1.29 is 9.72 Å². The molecule has 7 heteroatoms. The van der Waals surface area contributed by atoms with Gasteiger partial charge < -0.3 is 15.2 Å². The number of hydrogen-bond acceptors (Lipinski definition) is 4. The molecule has 1 unspecified atom stereocenters. The smallest absolute Gasteiger partial charge is 0.287 e. The third kappa shape index (κ3) is 3.81. The summed E-state index contributed by atoms with van der Waals surface area (Å²) in [7, 11) is 0. The maximum Gasteiger partial charge on any atom is 0.287 e. The van der Waals surface area contributed by atoms with Crippen LogP contribution in [0.25, 0.3) is 0 Å². The number of rotatable bonds is 4. The van der Waals surface area contributed by atoms with Crippen molar-refractivity contribution in [3.63, 3.8) is 0 Å². The van der Waals surface area contributed by atoms with E-state index < -0.39 is 4.92 Å². The third-order valence-corrected chi connectivity index (χ3v) is 3.72. The van der Waals surface area contributed by atoms with Gasteiger partial charge >= 0.3 is 0 Å². The number of carbonyl (C=O) groups is 1. The predicted octanol–water partition coefficient (Wildman–Crippen LogP) is 1.85. The fraction of sp³-hybridized carbons (Fsp3) is 0.643. The fourth-order valence-corrected chi connectivity index (χ4v) is 2.58. The molecular weight excluding hydrogens is 272 g/mol. The molecule has 1 atom stereocenters. The van der Waals surface area contributed by atoms with Gasteiger partial charge in [0.1, 0.15) is 5.69 Å². The van der Waals surface area contributed by atoms with Gasteiger partial charge in [0.15, 0.2) is 0 Å². The van der Waals surface area contributed by atoms with E-state index in [1.54, 1.807) is 4.57 Å². The molecule has 0 saturated carbocycles. The topological polar surface area (TPSA) is 89.2 Å². The average Bonchev–Trinajstić information content (AvgIpc) is 2.73. The van der Waals surface area contributed by atoms with Crippen LogP contribution in [0.1, 0.15) is 49.6 Å². The quantitative estimate of drug-likeness (QED) is 0.655. The van der Waals surface area contributed by atoms with Crippen molar-refractivity contribution in [2.45, 2.75) is 45.2 Å². The van der Waals surface area contributed by atoms with Crippen LogP contribution in [0.4, 0.5) is 5.69 Å². The van der Waals surface area contributed by atoms with E-state index in [0.29, 0.717) is 5.69 Å². The second-order valence-corrected chi connectivity index (χ2v) is 5.71. The molecule has 0 aromatic carbocycles. The minimum absolute atomic E-state index is 0.00768. The number of nitrogens with zero attached hydrogens (tertiary/aromatic N) is 2. The lowest BCUT2D eigenvalue weighted by molar-refractivity contribution is -0.384. The van der Waals surface area contributed by atoms with Crippen molar-refractivity contribution in [3.05, 3.63) is 28.1 Å². The van der Waals surface area contributed by atoms with E-state index in [9.17, 15) is 14.9 Å². The van der Waals surface area contributed by atoms with Crippen LogP contribution in [-0.2, 0) is 0 Å². The third-order valence-electron chi connectivity index (χ3n) is 3.72. The number of amides is 1. The molecule has 7 nitrogen and oxygen atoms in total. The predicted molar refractivity (Wildman–Crippen MR) is 79.4 cm³/mol. The lowest BCUT2D eigenvalue weighted by Crippen LogP contribution is -2.41. The van der Waals surface area contributed by atoms with E-state index in [4.69, 9.17) is 0 Å². The van der Waals surface area contributed by atoms with E-state index in [2.05, 4.69) is 10.6 Å². The van der Waals surface area contributed by atoms with Gasteiger partial charge in [-0.25, -0.2) is 0 Å². The Balaban J connectivity index is 2.15. The van der Waals surface area contributed by atoms with Crippen molar-refractivity contribution in [2.75, 3.05) is 13.1 Å². The molecule has 21 heavy (non-hydrogen) atoms. The maximum absolute atomic E-state index is 12.4. The van der Waals surface area contributed by atoms with E-state index >= 15 is 0 Å². The Morgan fingerprint density at radius 3 is 2.95 bits per heavy atom. The van der Waals surface area contributed by atoms with Crippen molar-refractivity contribution >= 4 is 11.6 Å². The second kappa shape index (κ2) is 6.71. The van der Waals surface area contributed by atoms with Crippen LogP contribution in [0.3, 0.4) is 0 Å². The van der Waals surface area contributed by atoms with E-state index in [-0.39, 0.29) is 23.7 Å². The minimum Gasteiger partial charge on any atom is -0.347 e. The van der Waals surface area contributed by atoms with Gasteiger partial charge in [0, 0.05) is 24.7 Å². The average molecular weight is 294 g/mol. The molecule has 2 rings (SSSR count). The number of carbonyl (C=O) groups excluding carboxylic acids is 1. The Morgan fingerprint density at radius 2 is 2.29 bits per heavy atom. The molecule has 1 amide bonds. The second-order valence-electron chi connectivity index (χ2n) is 5.71. The standard InChI is InChI=1S/C14H22N4O3/c1-10(2)17-9-12(18(20)21)7-13(17)14(19)16-11-5-3-4-6-15-8-11/h7,9-11,15H,3-6,8H2,1-2H3,(H,16,19).